The standard InChI is InChI=1S/C15H15FN2O2S/c16-13-6-5-11-7-8-18(14(11)9-13)21(19,20)15-4-2-1-3-12(15)10-17/h1-6,9H,7-8,10,17H2. The Morgan fingerprint density at radius 1 is 1.19 bits per heavy atom. The van der Waals surface area contributed by atoms with E-state index in [1.807, 2.05) is 0 Å². The zero-order valence-electron chi connectivity index (χ0n) is 11.3. The Balaban J connectivity index is 2.11. The van der Waals surface area contributed by atoms with Crippen molar-refractivity contribution in [3.8, 4) is 0 Å². The molecule has 0 aromatic heterocycles. The van der Waals surface area contributed by atoms with Gasteiger partial charge in [-0.15, -0.1) is 0 Å². The fraction of sp³-hybridized carbons (Fsp3) is 0.200. The number of rotatable bonds is 3. The molecular formula is C15H15FN2O2S. The van der Waals surface area contributed by atoms with Crippen LogP contribution >= 0.6 is 0 Å². The van der Waals surface area contributed by atoms with Crippen molar-refractivity contribution >= 4 is 15.7 Å². The largest absolute Gasteiger partial charge is 0.326 e. The number of fused-ring (bicyclic) bond motifs is 1. The number of sulfonamides is 1. The lowest BCUT2D eigenvalue weighted by Crippen LogP contribution is -2.30. The fourth-order valence-corrected chi connectivity index (χ4v) is 4.35. The second kappa shape index (κ2) is 5.13. The van der Waals surface area contributed by atoms with Crippen LogP contribution in [0.5, 0.6) is 0 Å². The first-order chi connectivity index (χ1) is 10.0. The number of nitrogens with zero attached hydrogens (tertiary/aromatic N) is 1. The van der Waals surface area contributed by atoms with E-state index in [0.29, 0.717) is 24.2 Å². The van der Waals surface area contributed by atoms with Gasteiger partial charge < -0.3 is 5.73 Å². The third-order valence-electron chi connectivity index (χ3n) is 3.66. The van der Waals surface area contributed by atoms with Crippen LogP contribution in [-0.2, 0) is 23.0 Å². The van der Waals surface area contributed by atoms with Gasteiger partial charge in [0.15, 0.2) is 0 Å². The lowest BCUT2D eigenvalue weighted by molar-refractivity contribution is 0.591. The molecule has 0 amide bonds. The summed E-state index contributed by atoms with van der Waals surface area (Å²) in [6.07, 6.45) is 0.583. The van der Waals surface area contributed by atoms with Gasteiger partial charge >= 0.3 is 0 Å². The minimum absolute atomic E-state index is 0.138. The van der Waals surface area contributed by atoms with Gasteiger partial charge in [-0.25, -0.2) is 12.8 Å². The predicted octanol–water partition coefficient (Wildman–Crippen LogP) is 2.04. The maximum Gasteiger partial charge on any atom is 0.264 e. The van der Waals surface area contributed by atoms with Crippen molar-refractivity contribution in [1.82, 2.24) is 0 Å². The molecule has 2 aromatic carbocycles. The topological polar surface area (TPSA) is 63.4 Å². The van der Waals surface area contributed by atoms with Gasteiger partial charge in [0.05, 0.1) is 10.6 Å². The van der Waals surface area contributed by atoms with E-state index in [1.54, 1.807) is 24.3 Å². The van der Waals surface area contributed by atoms with Crippen LogP contribution in [0, 0.1) is 5.82 Å². The second-order valence-corrected chi connectivity index (χ2v) is 6.74. The normalized spacial score (nSPS) is 14.3. The molecule has 3 rings (SSSR count). The molecule has 110 valence electrons. The molecule has 0 bridgehead atoms. The van der Waals surface area contributed by atoms with E-state index < -0.39 is 15.8 Å². The van der Waals surface area contributed by atoms with E-state index in [4.69, 9.17) is 5.73 Å². The number of hydrogen-bond acceptors (Lipinski definition) is 3. The summed E-state index contributed by atoms with van der Waals surface area (Å²) in [4.78, 5) is 0.185. The molecule has 6 heteroatoms. The van der Waals surface area contributed by atoms with Crippen molar-refractivity contribution < 1.29 is 12.8 Å². The molecule has 0 atom stereocenters. The average molecular weight is 306 g/mol. The van der Waals surface area contributed by atoms with Crippen LogP contribution in [0.15, 0.2) is 47.4 Å². The minimum Gasteiger partial charge on any atom is -0.326 e. The van der Waals surface area contributed by atoms with Gasteiger partial charge in [-0.1, -0.05) is 24.3 Å². The highest BCUT2D eigenvalue weighted by Gasteiger charge is 2.32. The van der Waals surface area contributed by atoms with Crippen molar-refractivity contribution in [3.63, 3.8) is 0 Å². The van der Waals surface area contributed by atoms with Crippen LogP contribution in [0.2, 0.25) is 0 Å². The Hall–Kier alpha value is -1.92. The van der Waals surface area contributed by atoms with E-state index >= 15 is 0 Å². The molecule has 1 aliphatic rings. The Kier molecular flexibility index (Phi) is 3.43. The lowest BCUT2D eigenvalue weighted by atomic mass is 10.2. The molecule has 0 saturated carbocycles. The first-order valence-electron chi connectivity index (χ1n) is 6.63. The highest BCUT2D eigenvalue weighted by Crippen LogP contribution is 2.34. The smallest absolute Gasteiger partial charge is 0.264 e. The number of nitrogens with two attached hydrogens (primary N) is 1. The Morgan fingerprint density at radius 3 is 2.71 bits per heavy atom. The van der Waals surface area contributed by atoms with Gasteiger partial charge in [0.2, 0.25) is 0 Å². The highest BCUT2D eigenvalue weighted by molar-refractivity contribution is 7.93. The zero-order chi connectivity index (χ0) is 15.0. The summed E-state index contributed by atoms with van der Waals surface area (Å²) >= 11 is 0. The molecule has 21 heavy (non-hydrogen) atoms. The summed E-state index contributed by atoms with van der Waals surface area (Å²) in [6.45, 7) is 0.458. The maximum absolute atomic E-state index is 13.4. The summed E-state index contributed by atoms with van der Waals surface area (Å²) < 4.78 is 40.4. The van der Waals surface area contributed by atoms with Crippen molar-refractivity contribution in [1.29, 1.82) is 0 Å². The predicted molar refractivity (Wildman–Crippen MR) is 79.0 cm³/mol. The summed E-state index contributed by atoms with van der Waals surface area (Å²) in [5.41, 5.74) is 7.44. The second-order valence-electron chi connectivity index (χ2n) is 4.91. The van der Waals surface area contributed by atoms with Crippen LogP contribution in [0.3, 0.4) is 0 Å². The summed E-state index contributed by atoms with van der Waals surface area (Å²) in [6, 6.07) is 10.9. The first kappa shape index (κ1) is 14.0. The van der Waals surface area contributed by atoms with Crippen molar-refractivity contribution in [2.24, 2.45) is 5.73 Å². The molecule has 0 radical (unpaired) electrons. The van der Waals surface area contributed by atoms with Gasteiger partial charge in [-0.05, 0) is 35.7 Å². The van der Waals surface area contributed by atoms with E-state index in [0.717, 1.165) is 5.56 Å². The third-order valence-corrected chi connectivity index (χ3v) is 5.57. The average Bonchev–Trinajstić information content (AvgIpc) is 2.90. The number of anilines is 1. The molecule has 1 heterocycles. The molecule has 0 spiro atoms. The Bertz CT molecular complexity index is 790. The van der Waals surface area contributed by atoms with E-state index in [2.05, 4.69) is 0 Å². The third kappa shape index (κ3) is 2.30. The molecule has 4 nitrogen and oxygen atoms in total. The van der Waals surface area contributed by atoms with Crippen LogP contribution < -0.4 is 10.0 Å². The first-order valence-corrected chi connectivity index (χ1v) is 8.07. The van der Waals surface area contributed by atoms with E-state index in [-0.39, 0.29) is 11.4 Å². The molecule has 2 aromatic rings. The molecule has 0 fully saturated rings. The van der Waals surface area contributed by atoms with Gasteiger partial charge in [-0.3, -0.25) is 4.31 Å². The Morgan fingerprint density at radius 2 is 1.95 bits per heavy atom. The number of halogens is 1. The zero-order valence-corrected chi connectivity index (χ0v) is 12.1. The van der Waals surface area contributed by atoms with Crippen LogP contribution in [0.25, 0.3) is 0 Å². The van der Waals surface area contributed by atoms with Crippen molar-refractivity contribution in [2.75, 3.05) is 10.8 Å². The lowest BCUT2D eigenvalue weighted by Gasteiger charge is -2.21. The molecule has 0 aliphatic carbocycles. The summed E-state index contributed by atoms with van der Waals surface area (Å²) in [7, 11) is -3.72. The molecule has 2 N–H and O–H groups in total. The quantitative estimate of drug-likeness (QED) is 0.944. The van der Waals surface area contributed by atoms with E-state index in [1.165, 1.54) is 22.5 Å². The van der Waals surface area contributed by atoms with Crippen LogP contribution in [-0.4, -0.2) is 15.0 Å². The van der Waals surface area contributed by atoms with Gasteiger partial charge in [0.25, 0.3) is 10.0 Å². The highest BCUT2D eigenvalue weighted by atomic mass is 32.2. The van der Waals surface area contributed by atoms with Crippen molar-refractivity contribution in [2.45, 2.75) is 17.9 Å². The van der Waals surface area contributed by atoms with Crippen LogP contribution in [0.1, 0.15) is 11.1 Å². The monoisotopic (exact) mass is 306 g/mol. The van der Waals surface area contributed by atoms with Gasteiger partial charge in [-0.2, -0.15) is 0 Å². The molecule has 0 saturated heterocycles. The minimum atomic E-state index is -3.72. The summed E-state index contributed by atoms with van der Waals surface area (Å²) in [5, 5.41) is 0. The summed E-state index contributed by atoms with van der Waals surface area (Å²) in [5.74, 6) is -0.442. The van der Waals surface area contributed by atoms with Crippen molar-refractivity contribution in [3.05, 3.63) is 59.4 Å². The SMILES string of the molecule is NCc1ccccc1S(=O)(=O)N1CCc2ccc(F)cc21. The van der Waals surface area contributed by atoms with E-state index in [9.17, 15) is 12.8 Å². The van der Waals surface area contributed by atoms with Crippen LogP contribution in [0.4, 0.5) is 10.1 Å². The maximum atomic E-state index is 13.4. The number of hydrogen-bond donors (Lipinski definition) is 1. The van der Waals surface area contributed by atoms with Gasteiger partial charge in [0, 0.05) is 13.1 Å². The molecular weight excluding hydrogens is 291 g/mol. The number of benzene rings is 2. The Labute approximate surface area is 123 Å². The molecule has 1 aliphatic heterocycles. The molecule has 0 unspecified atom stereocenters. The van der Waals surface area contributed by atoms with Gasteiger partial charge in [0.1, 0.15) is 5.82 Å². The fourth-order valence-electron chi connectivity index (χ4n) is 2.62.